The van der Waals surface area contributed by atoms with Gasteiger partial charge in [0.2, 0.25) is 0 Å². The first-order valence-electron chi connectivity index (χ1n) is 13.9. The van der Waals surface area contributed by atoms with Crippen LogP contribution in [0.5, 0.6) is 0 Å². The summed E-state index contributed by atoms with van der Waals surface area (Å²) in [7, 11) is 0. The quantitative estimate of drug-likeness (QED) is 0.392. The normalized spacial score (nSPS) is 41.7. The second-order valence-corrected chi connectivity index (χ2v) is 14.0. The average Bonchev–Trinajstić information content (AvgIpc) is 2.74. The number of hydrogen-bond acceptors (Lipinski definition) is 2. The molecule has 9 rings (SSSR count). The standard InChI is InChI=1S/C28H36Cl.C2HF3O2/c1-17-2-3-24(29)10-25(17)26(27-11-18-4-19(12-27)6-20(5-18)13-27)28-14-21-7-22(15-28)9-23(8-21)16-28;3-2(4,5)1(6)7/h2-3,10,18-23H,4-9,11-16H2,1H3;(H,6,7)/q+1;/p-1. The fraction of sp³-hybridized carbons (Fsp3) is 0.733. The van der Waals surface area contributed by atoms with Crippen LogP contribution in [0.3, 0.4) is 0 Å². The van der Waals surface area contributed by atoms with Crippen LogP contribution in [-0.4, -0.2) is 12.1 Å². The van der Waals surface area contributed by atoms with Crippen LogP contribution >= 0.6 is 11.6 Å². The molecule has 6 heteroatoms. The Morgan fingerprint density at radius 1 is 0.833 bits per heavy atom. The largest absolute Gasteiger partial charge is 0.542 e. The number of aryl methyl sites for hydroxylation is 1. The summed E-state index contributed by atoms with van der Waals surface area (Å²) in [6.07, 6.45) is 13.1. The molecule has 0 saturated heterocycles. The molecule has 0 atom stereocenters. The second-order valence-electron chi connectivity index (χ2n) is 13.5. The minimum Gasteiger partial charge on any atom is -0.542 e. The molecule has 36 heavy (non-hydrogen) atoms. The van der Waals surface area contributed by atoms with Gasteiger partial charge in [-0.1, -0.05) is 11.6 Å². The maximum absolute atomic E-state index is 10.5. The fourth-order valence-corrected chi connectivity index (χ4v) is 11.0. The number of hydrogen-bond donors (Lipinski definition) is 0. The molecule has 8 bridgehead atoms. The van der Waals surface area contributed by atoms with Crippen molar-refractivity contribution in [3.63, 3.8) is 0 Å². The van der Waals surface area contributed by atoms with Gasteiger partial charge in [-0.15, -0.1) is 0 Å². The zero-order valence-corrected chi connectivity index (χ0v) is 21.8. The van der Waals surface area contributed by atoms with E-state index >= 15 is 0 Å². The Morgan fingerprint density at radius 2 is 1.17 bits per heavy atom. The Labute approximate surface area is 217 Å². The molecule has 8 aliphatic carbocycles. The Bertz CT molecular complexity index is 917. The lowest BCUT2D eigenvalue weighted by Gasteiger charge is -2.64. The number of aliphatic carboxylic acids is 1. The molecule has 0 unspecified atom stereocenters. The van der Waals surface area contributed by atoms with Gasteiger partial charge in [-0.25, -0.2) is 0 Å². The number of benzene rings is 1. The molecule has 0 amide bonds. The third-order valence-electron chi connectivity index (χ3n) is 10.8. The number of carboxylic acid groups (broad SMARTS) is 1. The van der Waals surface area contributed by atoms with Crippen molar-refractivity contribution < 1.29 is 23.1 Å². The van der Waals surface area contributed by atoms with Crippen molar-refractivity contribution in [1.29, 1.82) is 0 Å². The van der Waals surface area contributed by atoms with Crippen LogP contribution in [0, 0.1) is 59.2 Å². The van der Waals surface area contributed by atoms with E-state index < -0.39 is 12.1 Å². The van der Waals surface area contributed by atoms with Crippen molar-refractivity contribution in [1.82, 2.24) is 0 Å². The van der Waals surface area contributed by atoms with E-state index in [1.807, 2.05) is 5.92 Å². The number of carbonyl (C=O) groups excluding carboxylic acids is 1. The topological polar surface area (TPSA) is 40.1 Å². The lowest BCUT2D eigenvalue weighted by atomic mass is 9.37. The maximum Gasteiger partial charge on any atom is 0.430 e. The van der Waals surface area contributed by atoms with Crippen molar-refractivity contribution in [2.45, 2.75) is 90.1 Å². The summed E-state index contributed by atoms with van der Waals surface area (Å²) in [5.41, 5.74) is 4.11. The Kier molecular flexibility index (Phi) is 5.94. The van der Waals surface area contributed by atoms with Crippen LogP contribution in [-0.2, 0) is 4.79 Å². The number of carboxylic acids is 1. The molecule has 0 heterocycles. The molecule has 0 aliphatic heterocycles. The van der Waals surface area contributed by atoms with Gasteiger partial charge in [-0.2, -0.15) is 13.2 Å². The van der Waals surface area contributed by atoms with Crippen molar-refractivity contribution >= 4 is 17.6 Å². The predicted molar refractivity (Wildman–Crippen MR) is 131 cm³/mol. The molecular formula is C30H36ClF3O2. The third kappa shape index (κ3) is 4.25. The van der Waals surface area contributed by atoms with Crippen molar-refractivity contribution in [2.75, 3.05) is 0 Å². The fourth-order valence-electron chi connectivity index (χ4n) is 10.8. The van der Waals surface area contributed by atoms with E-state index in [9.17, 15) is 13.2 Å². The highest BCUT2D eigenvalue weighted by molar-refractivity contribution is 6.30. The SMILES string of the molecule is Cc1ccc(Cl)cc1[C+](C12CC3CC(CC(C3)C1)C2)C12CC3CC(CC(C3)C1)C2.O=C([O-])C(F)(F)F. The van der Waals surface area contributed by atoms with E-state index in [4.69, 9.17) is 21.5 Å². The molecule has 8 saturated carbocycles. The van der Waals surface area contributed by atoms with E-state index in [-0.39, 0.29) is 0 Å². The summed E-state index contributed by atoms with van der Waals surface area (Å²) < 4.78 is 31.5. The first kappa shape index (κ1) is 24.9. The van der Waals surface area contributed by atoms with Gasteiger partial charge in [-0.05, 0) is 119 Å². The Hall–Kier alpha value is -1.36. The van der Waals surface area contributed by atoms with Crippen LogP contribution in [0.25, 0.3) is 0 Å². The van der Waals surface area contributed by atoms with Gasteiger partial charge in [0.1, 0.15) is 11.5 Å². The molecule has 1 aromatic rings. The number of rotatable bonds is 3. The second kappa shape index (κ2) is 8.58. The zero-order chi connectivity index (χ0) is 25.5. The summed E-state index contributed by atoms with van der Waals surface area (Å²) in [5, 5.41) is 9.74. The molecule has 8 fully saturated rings. The van der Waals surface area contributed by atoms with Crippen LogP contribution in [0.1, 0.15) is 88.2 Å². The van der Waals surface area contributed by atoms with Crippen LogP contribution in [0.15, 0.2) is 18.2 Å². The summed E-state index contributed by atoms with van der Waals surface area (Å²) in [4.78, 5) is 8.78. The highest BCUT2D eigenvalue weighted by atomic mass is 35.5. The maximum atomic E-state index is 10.5. The minimum atomic E-state index is -5.19. The molecular weight excluding hydrogens is 485 g/mol. The number of halogens is 4. The first-order valence-corrected chi connectivity index (χ1v) is 14.2. The van der Waals surface area contributed by atoms with E-state index in [1.165, 1.54) is 44.1 Å². The van der Waals surface area contributed by atoms with Gasteiger partial charge >= 0.3 is 6.18 Å². The van der Waals surface area contributed by atoms with E-state index in [0.29, 0.717) is 10.8 Å². The number of alkyl halides is 3. The highest BCUT2D eigenvalue weighted by Gasteiger charge is 2.66. The van der Waals surface area contributed by atoms with E-state index in [1.54, 1.807) is 44.1 Å². The van der Waals surface area contributed by atoms with Crippen LogP contribution in [0.2, 0.25) is 5.02 Å². The van der Waals surface area contributed by atoms with Gasteiger partial charge in [0.25, 0.3) is 0 Å². The minimum absolute atomic E-state index is 0.510. The van der Waals surface area contributed by atoms with Gasteiger partial charge in [0.05, 0.1) is 16.7 Å². The smallest absolute Gasteiger partial charge is 0.430 e. The lowest BCUT2D eigenvalue weighted by Crippen LogP contribution is -2.57. The molecule has 2 nitrogen and oxygen atoms in total. The van der Waals surface area contributed by atoms with Gasteiger partial charge in [-0.3, -0.25) is 0 Å². The summed E-state index contributed by atoms with van der Waals surface area (Å²) in [6, 6.07) is 6.83. The molecule has 0 N–H and O–H groups in total. The third-order valence-corrected chi connectivity index (χ3v) is 11.1. The molecule has 0 aromatic heterocycles. The van der Waals surface area contributed by atoms with Gasteiger partial charge in [0, 0.05) is 29.7 Å². The first-order chi connectivity index (χ1) is 16.9. The summed E-state index contributed by atoms with van der Waals surface area (Å²) in [5.74, 6) is 5.06. The van der Waals surface area contributed by atoms with Crippen molar-refractivity contribution in [3.8, 4) is 0 Å². The Balaban J connectivity index is 0.000000305. The highest BCUT2D eigenvalue weighted by Crippen LogP contribution is 2.73. The summed E-state index contributed by atoms with van der Waals surface area (Å²) in [6.45, 7) is 2.37. The number of carbonyl (C=O) groups is 1. The molecule has 0 spiro atoms. The van der Waals surface area contributed by atoms with E-state index in [0.717, 1.165) is 40.5 Å². The molecule has 1 aromatic carbocycles. The van der Waals surface area contributed by atoms with Crippen LogP contribution in [0.4, 0.5) is 13.2 Å². The van der Waals surface area contributed by atoms with Gasteiger partial charge < -0.3 is 9.90 Å². The zero-order valence-electron chi connectivity index (χ0n) is 21.0. The molecule has 0 radical (unpaired) electrons. The monoisotopic (exact) mass is 520 g/mol. The molecule has 196 valence electrons. The van der Waals surface area contributed by atoms with Gasteiger partial charge in [0.15, 0.2) is 0 Å². The van der Waals surface area contributed by atoms with Crippen molar-refractivity contribution in [2.24, 2.45) is 46.3 Å². The van der Waals surface area contributed by atoms with Crippen LogP contribution < -0.4 is 5.11 Å². The lowest BCUT2D eigenvalue weighted by molar-refractivity contribution is -0.344. The predicted octanol–water partition coefficient (Wildman–Crippen LogP) is 7.30. The van der Waals surface area contributed by atoms with E-state index in [2.05, 4.69) is 25.1 Å². The average molecular weight is 521 g/mol. The van der Waals surface area contributed by atoms with Crippen molar-refractivity contribution in [3.05, 3.63) is 40.3 Å². The molecule has 8 aliphatic rings. The Morgan fingerprint density at radius 3 is 1.47 bits per heavy atom. The summed E-state index contributed by atoms with van der Waals surface area (Å²) >= 11 is 6.66.